The van der Waals surface area contributed by atoms with Gasteiger partial charge in [0.05, 0.1) is 12.2 Å². The highest BCUT2D eigenvalue weighted by Gasteiger charge is 2.29. The van der Waals surface area contributed by atoms with E-state index in [0.29, 0.717) is 28.9 Å². The monoisotopic (exact) mass is 270 g/mol. The Bertz CT molecular complexity index is 438. The number of hydrogen-bond donors (Lipinski definition) is 2. The summed E-state index contributed by atoms with van der Waals surface area (Å²) in [6.07, 6.45) is 0.103. The molecular weight excluding hydrogens is 252 g/mol. The molecule has 100 valence electrons. The van der Waals surface area contributed by atoms with E-state index < -0.39 is 0 Å². The number of ether oxygens (including phenoxy) is 1. The number of anilines is 2. The van der Waals surface area contributed by atoms with Crippen LogP contribution in [0, 0.1) is 0 Å². The van der Waals surface area contributed by atoms with Gasteiger partial charge in [0.1, 0.15) is 10.7 Å². The van der Waals surface area contributed by atoms with Crippen LogP contribution in [-0.4, -0.2) is 48.1 Å². The summed E-state index contributed by atoms with van der Waals surface area (Å²) in [7, 11) is 1.76. The molecule has 2 unspecified atom stereocenters. The first kappa shape index (κ1) is 13.1. The van der Waals surface area contributed by atoms with Crippen LogP contribution in [0.3, 0.4) is 0 Å². The number of thiazole rings is 1. The molecule has 1 aliphatic heterocycles. The van der Waals surface area contributed by atoms with Gasteiger partial charge in [-0.25, -0.2) is 4.98 Å². The van der Waals surface area contributed by atoms with Crippen LogP contribution < -0.4 is 11.1 Å². The van der Waals surface area contributed by atoms with Crippen molar-refractivity contribution >= 4 is 28.2 Å². The highest BCUT2D eigenvalue weighted by Crippen LogP contribution is 2.27. The van der Waals surface area contributed by atoms with Gasteiger partial charge in [-0.05, 0) is 13.8 Å². The fourth-order valence-corrected chi connectivity index (χ4v) is 2.89. The molecule has 6 nitrogen and oxygen atoms in total. The molecule has 1 saturated heterocycles. The third-order valence-electron chi connectivity index (χ3n) is 2.77. The summed E-state index contributed by atoms with van der Waals surface area (Å²) < 4.78 is 5.61. The Kier molecular flexibility index (Phi) is 3.72. The lowest BCUT2D eigenvalue weighted by molar-refractivity contribution is -0.0584. The molecule has 1 aliphatic rings. The molecule has 0 radical (unpaired) electrons. The van der Waals surface area contributed by atoms with Crippen LogP contribution >= 0.6 is 11.3 Å². The van der Waals surface area contributed by atoms with E-state index in [-0.39, 0.29) is 18.1 Å². The van der Waals surface area contributed by atoms with Gasteiger partial charge in [-0.1, -0.05) is 11.3 Å². The van der Waals surface area contributed by atoms with Crippen LogP contribution in [0.5, 0.6) is 0 Å². The smallest absolute Gasteiger partial charge is 0.268 e. The van der Waals surface area contributed by atoms with E-state index in [2.05, 4.69) is 10.3 Å². The zero-order valence-corrected chi connectivity index (χ0v) is 11.6. The van der Waals surface area contributed by atoms with Gasteiger partial charge in [0.25, 0.3) is 5.91 Å². The highest BCUT2D eigenvalue weighted by molar-refractivity contribution is 7.18. The molecule has 1 fully saturated rings. The van der Waals surface area contributed by atoms with Gasteiger partial charge in [0, 0.05) is 20.1 Å². The first-order valence-corrected chi connectivity index (χ1v) is 6.71. The van der Waals surface area contributed by atoms with Gasteiger partial charge in [-0.2, -0.15) is 0 Å². The van der Waals surface area contributed by atoms with E-state index in [9.17, 15) is 4.79 Å². The van der Waals surface area contributed by atoms with Gasteiger partial charge >= 0.3 is 0 Å². The van der Waals surface area contributed by atoms with Crippen molar-refractivity contribution in [2.75, 3.05) is 31.2 Å². The Balaban J connectivity index is 2.17. The number of nitrogens with one attached hydrogen (secondary N) is 1. The number of nitrogens with zero attached hydrogens (tertiary/aromatic N) is 2. The number of nitrogen functional groups attached to an aromatic ring is 1. The summed E-state index contributed by atoms with van der Waals surface area (Å²) in [6, 6.07) is 0. The maximum Gasteiger partial charge on any atom is 0.268 e. The standard InChI is InChI=1S/C11H18N4O2S/c1-6-4-15(5-7(2)17-6)10(16)8-9(12)14-11(13-3)18-8/h6-7H,4-5,12H2,1-3H3,(H,13,14). The van der Waals surface area contributed by atoms with Gasteiger partial charge in [0.15, 0.2) is 5.13 Å². The largest absolute Gasteiger partial charge is 0.382 e. The fraction of sp³-hybridized carbons (Fsp3) is 0.636. The third-order valence-corrected chi connectivity index (χ3v) is 3.84. The number of carbonyl (C=O) groups is 1. The summed E-state index contributed by atoms with van der Waals surface area (Å²) in [5.74, 6) is 0.231. The van der Waals surface area contributed by atoms with Gasteiger partial charge in [0.2, 0.25) is 0 Å². The van der Waals surface area contributed by atoms with Crippen molar-refractivity contribution in [3.05, 3.63) is 4.88 Å². The first-order valence-electron chi connectivity index (χ1n) is 5.90. The Morgan fingerprint density at radius 1 is 1.50 bits per heavy atom. The van der Waals surface area contributed by atoms with Crippen LogP contribution in [0.2, 0.25) is 0 Å². The Labute approximate surface area is 110 Å². The maximum absolute atomic E-state index is 12.4. The fourth-order valence-electron chi connectivity index (χ4n) is 2.08. The Hall–Kier alpha value is -1.34. The predicted molar refractivity (Wildman–Crippen MR) is 72.0 cm³/mol. The number of morpholine rings is 1. The van der Waals surface area contributed by atoms with Crippen molar-refractivity contribution < 1.29 is 9.53 Å². The Morgan fingerprint density at radius 2 is 2.11 bits per heavy atom. The molecule has 18 heavy (non-hydrogen) atoms. The number of hydrogen-bond acceptors (Lipinski definition) is 6. The molecule has 7 heteroatoms. The van der Waals surface area contributed by atoms with Crippen LogP contribution in [0.15, 0.2) is 0 Å². The van der Waals surface area contributed by atoms with E-state index in [1.165, 1.54) is 11.3 Å². The second-order valence-corrected chi connectivity index (χ2v) is 5.45. The topological polar surface area (TPSA) is 80.5 Å². The van der Waals surface area contributed by atoms with E-state index >= 15 is 0 Å². The number of aromatic nitrogens is 1. The molecule has 0 bridgehead atoms. The van der Waals surface area contributed by atoms with E-state index in [4.69, 9.17) is 10.5 Å². The number of rotatable bonds is 2. The van der Waals surface area contributed by atoms with Gasteiger partial charge < -0.3 is 20.7 Å². The molecule has 2 heterocycles. The van der Waals surface area contributed by atoms with Crippen LogP contribution in [0.4, 0.5) is 10.9 Å². The molecule has 1 amide bonds. The van der Waals surface area contributed by atoms with Crippen molar-refractivity contribution in [2.45, 2.75) is 26.1 Å². The minimum absolute atomic E-state index is 0.0515. The lowest BCUT2D eigenvalue weighted by Crippen LogP contribution is -2.48. The molecule has 2 atom stereocenters. The van der Waals surface area contributed by atoms with E-state index in [0.717, 1.165) is 0 Å². The van der Waals surface area contributed by atoms with Crippen molar-refractivity contribution in [3.8, 4) is 0 Å². The normalized spacial score (nSPS) is 24.1. The van der Waals surface area contributed by atoms with Gasteiger partial charge in [-0.3, -0.25) is 4.79 Å². The second-order valence-electron chi connectivity index (χ2n) is 4.45. The molecule has 3 N–H and O–H groups in total. The van der Waals surface area contributed by atoms with Crippen LogP contribution in [-0.2, 0) is 4.74 Å². The molecule has 1 aromatic rings. The SMILES string of the molecule is CNc1nc(N)c(C(=O)N2CC(C)OC(C)C2)s1. The average Bonchev–Trinajstić information content (AvgIpc) is 2.68. The predicted octanol–water partition coefficient (Wildman–Crippen LogP) is 1.02. The van der Waals surface area contributed by atoms with E-state index in [1.807, 2.05) is 13.8 Å². The molecule has 0 aromatic carbocycles. The number of amides is 1. The molecular formula is C11H18N4O2S. The zero-order chi connectivity index (χ0) is 13.3. The van der Waals surface area contributed by atoms with Crippen molar-refractivity contribution in [1.82, 2.24) is 9.88 Å². The quantitative estimate of drug-likeness (QED) is 0.838. The molecule has 0 spiro atoms. The third kappa shape index (κ3) is 2.56. The molecule has 1 aromatic heterocycles. The summed E-state index contributed by atoms with van der Waals surface area (Å²) >= 11 is 1.28. The summed E-state index contributed by atoms with van der Waals surface area (Å²) in [5.41, 5.74) is 5.77. The summed E-state index contributed by atoms with van der Waals surface area (Å²) in [5, 5.41) is 3.55. The van der Waals surface area contributed by atoms with Crippen molar-refractivity contribution in [2.24, 2.45) is 0 Å². The zero-order valence-electron chi connectivity index (χ0n) is 10.8. The van der Waals surface area contributed by atoms with Crippen molar-refractivity contribution in [1.29, 1.82) is 0 Å². The summed E-state index contributed by atoms with van der Waals surface area (Å²) in [6.45, 7) is 5.11. The highest BCUT2D eigenvalue weighted by atomic mass is 32.1. The maximum atomic E-state index is 12.4. The van der Waals surface area contributed by atoms with Gasteiger partial charge in [-0.15, -0.1) is 0 Å². The first-order chi connectivity index (χ1) is 8.51. The number of nitrogens with two attached hydrogens (primary N) is 1. The molecule has 2 rings (SSSR count). The lowest BCUT2D eigenvalue weighted by Gasteiger charge is -2.35. The minimum Gasteiger partial charge on any atom is -0.382 e. The minimum atomic E-state index is -0.0616. The molecule has 0 saturated carbocycles. The number of carbonyl (C=O) groups excluding carboxylic acids is 1. The lowest BCUT2D eigenvalue weighted by atomic mass is 10.2. The average molecular weight is 270 g/mol. The van der Waals surface area contributed by atoms with Crippen LogP contribution in [0.1, 0.15) is 23.5 Å². The van der Waals surface area contributed by atoms with E-state index in [1.54, 1.807) is 11.9 Å². The summed E-state index contributed by atoms with van der Waals surface area (Å²) in [4.78, 5) is 18.7. The Morgan fingerprint density at radius 3 is 2.61 bits per heavy atom. The van der Waals surface area contributed by atoms with Crippen molar-refractivity contribution in [3.63, 3.8) is 0 Å². The molecule has 0 aliphatic carbocycles. The van der Waals surface area contributed by atoms with Crippen LogP contribution in [0.25, 0.3) is 0 Å². The second kappa shape index (κ2) is 5.11.